The monoisotopic (exact) mass is 497 g/mol. The molecule has 35 heavy (non-hydrogen) atoms. The van der Waals surface area contributed by atoms with Crippen molar-refractivity contribution in [1.29, 1.82) is 0 Å². The number of aliphatic hydroxyl groups excluding tert-OH is 1. The van der Waals surface area contributed by atoms with E-state index in [-0.39, 0.29) is 16.8 Å². The molecule has 0 bridgehead atoms. The molecule has 206 valence electrons. The maximum Gasteiger partial charge on any atom is 0.322 e. The van der Waals surface area contributed by atoms with Crippen molar-refractivity contribution in [2.24, 2.45) is 46.3 Å². The fraction of sp³-hybridized carbons (Fsp3) is 0.931. The molecule has 5 aliphatic rings. The summed E-state index contributed by atoms with van der Waals surface area (Å²) in [4.78, 5) is 25.0. The van der Waals surface area contributed by atoms with E-state index in [1.807, 2.05) is 11.8 Å². The number of nitrogens with zero attached hydrogens (tertiary/aromatic N) is 1. The van der Waals surface area contributed by atoms with E-state index in [0.29, 0.717) is 35.7 Å². The van der Waals surface area contributed by atoms with E-state index in [9.17, 15) is 9.59 Å². The number of aliphatic hydroxyl groups is 1. The van der Waals surface area contributed by atoms with Crippen LogP contribution in [0.5, 0.6) is 0 Å². The van der Waals surface area contributed by atoms with E-state index in [0.717, 1.165) is 42.7 Å². The second-order valence-electron chi connectivity index (χ2n) is 12.9. The molecule has 0 radical (unpaired) electrons. The van der Waals surface area contributed by atoms with Crippen molar-refractivity contribution in [1.82, 2.24) is 4.90 Å². The Hall–Kier alpha value is -0.980. The Labute approximate surface area is 216 Å². The third-order valence-electron chi connectivity index (χ3n) is 11.1. The fourth-order valence-electron chi connectivity index (χ4n) is 9.20. The first-order valence-corrected chi connectivity index (χ1v) is 14.3. The molecule has 0 amide bonds. The highest BCUT2D eigenvalue weighted by Crippen LogP contribution is 2.67. The second-order valence-corrected chi connectivity index (χ2v) is 12.9. The quantitative estimate of drug-likeness (QED) is 0.413. The Morgan fingerprint density at radius 1 is 1.00 bits per heavy atom. The summed E-state index contributed by atoms with van der Waals surface area (Å²) in [7, 11) is 0. The van der Waals surface area contributed by atoms with Gasteiger partial charge < -0.3 is 14.6 Å². The van der Waals surface area contributed by atoms with Gasteiger partial charge in [-0.15, -0.1) is 0 Å². The molecule has 4 aliphatic carbocycles. The predicted octanol–water partition coefficient (Wildman–Crippen LogP) is 5.42. The molecule has 8 atom stereocenters. The molecule has 0 spiro atoms. The summed E-state index contributed by atoms with van der Waals surface area (Å²) in [6, 6.07) is 0. The highest BCUT2D eigenvalue weighted by Gasteiger charge is 2.60. The Balaban J connectivity index is 0.000000417. The number of fused-ring (bicyclic) bond motifs is 5. The molecule has 4 saturated carbocycles. The van der Waals surface area contributed by atoms with Gasteiger partial charge in [-0.2, -0.15) is 0 Å². The lowest BCUT2D eigenvalue weighted by Crippen LogP contribution is -2.53. The largest absolute Gasteiger partial charge is 0.438 e. The average Bonchev–Trinajstić information content (AvgIpc) is 3.18. The van der Waals surface area contributed by atoms with E-state index in [2.05, 4.69) is 25.5 Å². The number of hydrogen-bond donors (Lipinski definition) is 1. The van der Waals surface area contributed by atoms with E-state index in [1.54, 1.807) is 0 Å². The fourth-order valence-corrected chi connectivity index (χ4v) is 9.20. The Morgan fingerprint density at radius 3 is 2.37 bits per heavy atom. The number of ketones is 1. The van der Waals surface area contributed by atoms with Gasteiger partial charge in [-0.1, -0.05) is 27.2 Å². The minimum atomic E-state index is -0.539. The summed E-state index contributed by atoms with van der Waals surface area (Å²) >= 11 is 0. The Kier molecular flexibility index (Phi) is 8.65. The standard InChI is InChI=1S/C22H36O.C7H13NO4.3H2/c1-14-9-11-21(3)16(13-14)5-6-17-19-8-7-18(15(2)23)22(19,4)12-10-20(17)21;9-6-12-7(10)5-8-1-3-11-4-2-8;;;/h14,16-20H,5-13H2,1-4H3;9H,1-6H2;3*1H/t14-,16?,17-,18?,19?,20?,21-,22+;;;;/m0..../s1. The number of carbonyl (C=O) groups is 2. The summed E-state index contributed by atoms with van der Waals surface area (Å²) < 4.78 is 9.48. The molecule has 4 unspecified atom stereocenters. The van der Waals surface area contributed by atoms with E-state index >= 15 is 0 Å². The first kappa shape index (κ1) is 27.1. The van der Waals surface area contributed by atoms with Gasteiger partial charge in [-0.05, 0) is 98.7 Å². The van der Waals surface area contributed by atoms with Gasteiger partial charge in [-0.3, -0.25) is 14.5 Å². The first-order valence-electron chi connectivity index (χ1n) is 14.3. The van der Waals surface area contributed by atoms with Crippen LogP contribution in [0.4, 0.5) is 0 Å². The van der Waals surface area contributed by atoms with Gasteiger partial charge >= 0.3 is 5.97 Å². The molecule has 0 aromatic rings. The molecule has 5 rings (SSSR count). The smallest absolute Gasteiger partial charge is 0.322 e. The van der Waals surface area contributed by atoms with Gasteiger partial charge in [0.15, 0.2) is 6.79 Å². The summed E-state index contributed by atoms with van der Waals surface area (Å²) in [6.45, 7) is 12.0. The highest BCUT2D eigenvalue weighted by atomic mass is 16.6. The third kappa shape index (κ3) is 5.50. The number of carbonyl (C=O) groups excluding carboxylic acids is 2. The zero-order valence-corrected chi connectivity index (χ0v) is 22.6. The minimum absolute atomic E-state index is 0. The molecule has 1 aliphatic heterocycles. The van der Waals surface area contributed by atoms with Crippen molar-refractivity contribution in [2.45, 2.75) is 85.5 Å². The van der Waals surface area contributed by atoms with Crippen LogP contribution in [-0.2, 0) is 19.1 Å². The van der Waals surface area contributed by atoms with E-state index < -0.39 is 6.79 Å². The SMILES string of the molecule is CC(=O)C1CCC2[C@@H]3CCC4C[C@@H](C)CC[C@]4(C)C3CC[C@]12C.O=C(CN1CCOCC1)OCO.[HH].[HH].[HH]. The van der Waals surface area contributed by atoms with Crippen molar-refractivity contribution in [3.63, 3.8) is 0 Å². The van der Waals surface area contributed by atoms with Crippen molar-refractivity contribution < 1.29 is 28.4 Å². The predicted molar refractivity (Wildman–Crippen MR) is 142 cm³/mol. The van der Waals surface area contributed by atoms with Crippen LogP contribution in [-0.4, -0.2) is 61.4 Å². The lowest BCUT2D eigenvalue weighted by atomic mass is 9.44. The van der Waals surface area contributed by atoms with Crippen LogP contribution in [0.25, 0.3) is 0 Å². The van der Waals surface area contributed by atoms with Gasteiger partial charge in [0.25, 0.3) is 0 Å². The molecule has 5 fully saturated rings. The molecule has 0 aromatic heterocycles. The van der Waals surface area contributed by atoms with E-state index in [1.165, 1.54) is 57.8 Å². The van der Waals surface area contributed by atoms with Crippen LogP contribution in [0.15, 0.2) is 0 Å². The van der Waals surface area contributed by atoms with E-state index in [4.69, 9.17) is 9.84 Å². The normalized spacial score (nSPS) is 43.1. The van der Waals surface area contributed by atoms with Crippen molar-refractivity contribution in [3.05, 3.63) is 0 Å². The lowest BCUT2D eigenvalue weighted by Gasteiger charge is -2.61. The summed E-state index contributed by atoms with van der Waals surface area (Å²) in [5.74, 6) is 5.11. The highest BCUT2D eigenvalue weighted by molar-refractivity contribution is 5.79. The van der Waals surface area contributed by atoms with Crippen molar-refractivity contribution >= 4 is 11.8 Å². The molecule has 1 heterocycles. The minimum Gasteiger partial charge on any atom is -0.438 e. The number of ether oxygens (including phenoxy) is 2. The topological polar surface area (TPSA) is 76.1 Å². The van der Waals surface area contributed by atoms with Crippen LogP contribution >= 0.6 is 0 Å². The Bertz CT molecular complexity index is 766. The molecule has 6 nitrogen and oxygen atoms in total. The zero-order chi connectivity index (χ0) is 25.2. The zero-order valence-electron chi connectivity index (χ0n) is 22.6. The number of Topliss-reactive ketones (excluding diaryl/α,β-unsaturated/α-hetero) is 1. The first-order chi connectivity index (χ1) is 16.7. The molecule has 0 aromatic carbocycles. The van der Waals surface area contributed by atoms with Crippen LogP contribution in [0.2, 0.25) is 0 Å². The summed E-state index contributed by atoms with van der Waals surface area (Å²) in [5, 5.41) is 8.28. The lowest BCUT2D eigenvalue weighted by molar-refractivity contribution is -0.154. The summed E-state index contributed by atoms with van der Waals surface area (Å²) in [6.07, 6.45) is 12.6. The van der Waals surface area contributed by atoms with Crippen LogP contribution < -0.4 is 0 Å². The number of rotatable bonds is 4. The van der Waals surface area contributed by atoms with Crippen LogP contribution in [0.1, 0.15) is 89.8 Å². The number of hydrogen-bond acceptors (Lipinski definition) is 6. The van der Waals surface area contributed by atoms with Crippen LogP contribution in [0.3, 0.4) is 0 Å². The average molecular weight is 498 g/mol. The van der Waals surface area contributed by atoms with Gasteiger partial charge in [0.1, 0.15) is 5.78 Å². The number of esters is 1. The maximum absolute atomic E-state index is 12.2. The van der Waals surface area contributed by atoms with Crippen molar-refractivity contribution in [2.75, 3.05) is 39.6 Å². The summed E-state index contributed by atoms with van der Waals surface area (Å²) in [5.41, 5.74) is 0.948. The van der Waals surface area contributed by atoms with Gasteiger partial charge in [0.05, 0.1) is 19.8 Å². The van der Waals surface area contributed by atoms with Gasteiger partial charge in [-0.25, -0.2) is 0 Å². The van der Waals surface area contributed by atoms with Gasteiger partial charge in [0, 0.05) is 23.3 Å². The molecule has 1 saturated heterocycles. The van der Waals surface area contributed by atoms with Crippen LogP contribution in [0, 0.1) is 46.3 Å². The Morgan fingerprint density at radius 2 is 1.69 bits per heavy atom. The number of morpholine rings is 1. The van der Waals surface area contributed by atoms with Gasteiger partial charge in [0.2, 0.25) is 0 Å². The second kappa shape index (κ2) is 11.2. The van der Waals surface area contributed by atoms with Crippen molar-refractivity contribution in [3.8, 4) is 0 Å². The molecular weight excluding hydrogens is 442 g/mol. The molecular formula is C29H55NO5. The maximum atomic E-state index is 12.2. The third-order valence-corrected chi connectivity index (χ3v) is 11.1. The molecule has 1 N–H and O–H groups in total. The molecule has 6 heteroatoms.